The van der Waals surface area contributed by atoms with Crippen molar-refractivity contribution in [2.45, 2.75) is 38.8 Å². The molecule has 0 unspecified atom stereocenters. The minimum absolute atomic E-state index is 0.0213. The van der Waals surface area contributed by atoms with Gasteiger partial charge in [0.2, 0.25) is 5.91 Å². The van der Waals surface area contributed by atoms with E-state index in [9.17, 15) is 14.4 Å². The Kier molecular flexibility index (Phi) is 7.83. The molecule has 1 N–H and O–H groups in total. The number of ether oxygens (including phenoxy) is 2. The third-order valence-corrected chi connectivity index (χ3v) is 6.71. The molecule has 1 fully saturated rings. The summed E-state index contributed by atoms with van der Waals surface area (Å²) in [5, 5.41) is 2.77. The van der Waals surface area contributed by atoms with E-state index < -0.39 is 5.91 Å². The van der Waals surface area contributed by atoms with E-state index >= 15 is 0 Å². The van der Waals surface area contributed by atoms with Crippen molar-refractivity contribution in [3.63, 3.8) is 0 Å². The van der Waals surface area contributed by atoms with E-state index in [2.05, 4.69) is 15.3 Å². The molecule has 10 heteroatoms. The van der Waals surface area contributed by atoms with Crippen LogP contribution in [0.15, 0.2) is 36.8 Å². The van der Waals surface area contributed by atoms with Gasteiger partial charge < -0.3 is 24.6 Å². The Hall–Kier alpha value is -3.53. The number of rotatable bonds is 4. The van der Waals surface area contributed by atoms with Gasteiger partial charge in [-0.1, -0.05) is 6.92 Å². The summed E-state index contributed by atoms with van der Waals surface area (Å²) in [6, 6.07) is 4.69. The van der Waals surface area contributed by atoms with Gasteiger partial charge >= 0.3 is 0 Å². The van der Waals surface area contributed by atoms with Crippen molar-refractivity contribution in [2.24, 2.45) is 11.8 Å². The van der Waals surface area contributed by atoms with Crippen LogP contribution in [0.3, 0.4) is 0 Å². The predicted molar refractivity (Wildman–Crippen MR) is 133 cm³/mol. The Morgan fingerprint density at radius 1 is 1.17 bits per heavy atom. The van der Waals surface area contributed by atoms with Gasteiger partial charge in [0.15, 0.2) is 0 Å². The number of carbonyl (C=O) groups is 3. The van der Waals surface area contributed by atoms with E-state index in [1.807, 2.05) is 18.7 Å². The maximum atomic E-state index is 13.3. The van der Waals surface area contributed by atoms with Gasteiger partial charge in [-0.15, -0.1) is 0 Å². The second-order valence-electron chi connectivity index (χ2n) is 9.62. The summed E-state index contributed by atoms with van der Waals surface area (Å²) in [5.41, 5.74) is 0.990. The SMILES string of the molecule is CO[C@H]1CN(C)C(=O)c2ccc(NC(=O)c3cnccn3)cc2OC[C@H](C)N(C(=O)C2CC2)C[C@@H]1C. The molecule has 0 saturated heterocycles. The third kappa shape index (κ3) is 5.81. The van der Waals surface area contributed by atoms with Gasteiger partial charge in [0.25, 0.3) is 11.8 Å². The van der Waals surface area contributed by atoms with Crippen molar-refractivity contribution in [1.82, 2.24) is 19.8 Å². The maximum absolute atomic E-state index is 13.3. The summed E-state index contributed by atoms with van der Waals surface area (Å²) in [4.78, 5) is 50.4. The zero-order valence-electron chi connectivity index (χ0n) is 21.1. The van der Waals surface area contributed by atoms with E-state index in [0.29, 0.717) is 30.1 Å². The standard InChI is InChI=1S/C26H33N5O5/c1-16-13-31(25(33)18-5-6-18)17(2)15-36-22-11-19(29-24(32)21-12-27-9-10-28-21)7-8-20(22)26(34)30(3)14-23(16)35-4/h7-12,16-18,23H,5-6,13-15H2,1-4H3,(H,29,32)/t16-,17-,23-/m0/s1. The van der Waals surface area contributed by atoms with Crippen LogP contribution < -0.4 is 10.1 Å². The number of hydrogen-bond donors (Lipinski definition) is 1. The number of aromatic nitrogens is 2. The zero-order chi connectivity index (χ0) is 25.8. The molecule has 2 heterocycles. The molecule has 2 aliphatic rings. The molecule has 2 aromatic rings. The molecule has 10 nitrogen and oxygen atoms in total. The number of amides is 3. The van der Waals surface area contributed by atoms with Crippen LogP contribution in [0.1, 0.15) is 47.5 Å². The molecule has 1 aromatic heterocycles. The average Bonchev–Trinajstić information content (AvgIpc) is 3.73. The van der Waals surface area contributed by atoms with E-state index in [-0.39, 0.29) is 48.1 Å². The van der Waals surface area contributed by atoms with E-state index in [0.717, 1.165) is 12.8 Å². The van der Waals surface area contributed by atoms with Crippen LogP contribution in [0, 0.1) is 11.8 Å². The van der Waals surface area contributed by atoms with E-state index in [1.165, 1.54) is 18.6 Å². The largest absolute Gasteiger partial charge is 0.491 e. The monoisotopic (exact) mass is 495 g/mol. The van der Waals surface area contributed by atoms with Crippen LogP contribution in [0.4, 0.5) is 5.69 Å². The van der Waals surface area contributed by atoms with Gasteiger partial charge in [-0.3, -0.25) is 19.4 Å². The molecule has 0 spiro atoms. The van der Waals surface area contributed by atoms with Gasteiger partial charge in [-0.25, -0.2) is 4.98 Å². The zero-order valence-corrected chi connectivity index (χ0v) is 21.1. The number of carbonyl (C=O) groups excluding carboxylic acids is 3. The molecule has 3 atom stereocenters. The Morgan fingerprint density at radius 3 is 2.61 bits per heavy atom. The number of likely N-dealkylation sites (N-methyl/N-ethyl adjacent to an activating group) is 1. The van der Waals surface area contributed by atoms with E-state index in [1.54, 1.807) is 37.3 Å². The van der Waals surface area contributed by atoms with Crippen molar-refractivity contribution < 1.29 is 23.9 Å². The molecule has 1 saturated carbocycles. The molecule has 4 rings (SSSR count). The Balaban J connectivity index is 1.63. The quantitative estimate of drug-likeness (QED) is 0.693. The van der Waals surface area contributed by atoms with Crippen molar-refractivity contribution in [3.05, 3.63) is 48.0 Å². The smallest absolute Gasteiger partial charge is 0.275 e. The molecule has 192 valence electrons. The number of methoxy groups -OCH3 is 1. The highest BCUT2D eigenvalue weighted by atomic mass is 16.5. The second-order valence-corrected chi connectivity index (χ2v) is 9.62. The van der Waals surface area contributed by atoms with Crippen molar-refractivity contribution in [2.75, 3.05) is 39.2 Å². The normalized spacial score (nSPS) is 23.1. The molecular weight excluding hydrogens is 462 g/mol. The lowest BCUT2D eigenvalue weighted by atomic mass is 10.0. The van der Waals surface area contributed by atoms with Crippen LogP contribution >= 0.6 is 0 Å². The number of nitrogens with zero attached hydrogens (tertiary/aromatic N) is 4. The lowest BCUT2D eigenvalue weighted by Crippen LogP contribution is -2.49. The van der Waals surface area contributed by atoms with Gasteiger partial charge in [0.1, 0.15) is 18.1 Å². The first-order valence-corrected chi connectivity index (χ1v) is 12.2. The van der Waals surface area contributed by atoms with Gasteiger partial charge in [-0.2, -0.15) is 0 Å². The number of anilines is 1. The third-order valence-electron chi connectivity index (χ3n) is 6.71. The van der Waals surface area contributed by atoms with Crippen molar-refractivity contribution in [3.8, 4) is 5.75 Å². The van der Waals surface area contributed by atoms with Crippen LogP contribution in [-0.4, -0.2) is 83.5 Å². The maximum Gasteiger partial charge on any atom is 0.275 e. The first-order valence-electron chi connectivity index (χ1n) is 12.2. The number of nitrogens with one attached hydrogen (secondary N) is 1. The highest BCUT2D eigenvalue weighted by Crippen LogP contribution is 2.33. The minimum atomic E-state index is -0.425. The Bertz CT molecular complexity index is 1110. The Labute approximate surface area is 211 Å². The molecular formula is C26H33N5O5. The summed E-state index contributed by atoms with van der Waals surface area (Å²) in [7, 11) is 3.35. The lowest BCUT2D eigenvalue weighted by Gasteiger charge is -2.36. The number of benzene rings is 1. The molecule has 1 aliphatic carbocycles. The summed E-state index contributed by atoms with van der Waals surface area (Å²) in [6.45, 7) is 5.07. The average molecular weight is 496 g/mol. The summed E-state index contributed by atoms with van der Waals surface area (Å²) >= 11 is 0. The van der Waals surface area contributed by atoms with E-state index in [4.69, 9.17) is 9.47 Å². The van der Waals surface area contributed by atoms with Crippen molar-refractivity contribution >= 4 is 23.4 Å². The van der Waals surface area contributed by atoms with Crippen LogP contribution in [0.5, 0.6) is 5.75 Å². The summed E-state index contributed by atoms with van der Waals surface area (Å²) in [6.07, 6.45) is 5.89. The number of fused-ring (bicyclic) bond motifs is 1. The highest BCUT2D eigenvalue weighted by Gasteiger charge is 2.37. The van der Waals surface area contributed by atoms with Crippen LogP contribution in [0.25, 0.3) is 0 Å². The molecule has 0 bridgehead atoms. The number of hydrogen-bond acceptors (Lipinski definition) is 7. The fourth-order valence-corrected chi connectivity index (χ4v) is 4.33. The van der Waals surface area contributed by atoms with Crippen LogP contribution in [0.2, 0.25) is 0 Å². The minimum Gasteiger partial charge on any atom is -0.491 e. The summed E-state index contributed by atoms with van der Waals surface area (Å²) in [5.74, 6) is -0.0751. The fraction of sp³-hybridized carbons (Fsp3) is 0.500. The highest BCUT2D eigenvalue weighted by molar-refractivity contribution is 6.03. The van der Waals surface area contributed by atoms with Crippen molar-refractivity contribution in [1.29, 1.82) is 0 Å². The molecule has 0 radical (unpaired) electrons. The Morgan fingerprint density at radius 2 is 1.94 bits per heavy atom. The first-order chi connectivity index (χ1) is 17.3. The predicted octanol–water partition coefficient (Wildman–Crippen LogP) is 2.47. The van der Waals surface area contributed by atoms with Gasteiger partial charge in [-0.05, 0) is 31.9 Å². The molecule has 1 aliphatic heterocycles. The first kappa shape index (κ1) is 25.6. The fourth-order valence-electron chi connectivity index (χ4n) is 4.33. The molecule has 3 amide bonds. The molecule has 1 aromatic carbocycles. The van der Waals surface area contributed by atoms with Gasteiger partial charge in [0, 0.05) is 63.2 Å². The lowest BCUT2D eigenvalue weighted by molar-refractivity contribution is -0.136. The second kappa shape index (κ2) is 11.0. The molecule has 36 heavy (non-hydrogen) atoms. The topological polar surface area (TPSA) is 114 Å². The summed E-state index contributed by atoms with van der Waals surface area (Å²) < 4.78 is 11.9. The van der Waals surface area contributed by atoms with Crippen LogP contribution in [-0.2, 0) is 9.53 Å². The van der Waals surface area contributed by atoms with Gasteiger partial charge in [0.05, 0.1) is 23.9 Å².